The molecule has 0 spiro atoms. The Morgan fingerprint density at radius 1 is 1.12 bits per heavy atom. The number of benzene rings is 2. The number of aromatic nitrogens is 3. The molecular formula is C23H24FN5O3. The van der Waals surface area contributed by atoms with E-state index >= 15 is 0 Å². The van der Waals surface area contributed by atoms with E-state index in [0.717, 1.165) is 12.0 Å². The zero-order chi connectivity index (χ0) is 22.7. The Balaban J connectivity index is 1.46. The fourth-order valence-electron chi connectivity index (χ4n) is 3.39. The van der Waals surface area contributed by atoms with Crippen molar-refractivity contribution in [1.29, 1.82) is 0 Å². The first-order chi connectivity index (χ1) is 15.4. The van der Waals surface area contributed by atoms with Crippen LogP contribution in [0.5, 0.6) is 11.5 Å². The van der Waals surface area contributed by atoms with E-state index in [9.17, 15) is 9.18 Å². The summed E-state index contributed by atoms with van der Waals surface area (Å²) in [5, 5.41) is 3.26. The van der Waals surface area contributed by atoms with Crippen LogP contribution in [0.15, 0.2) is 48.5 Å². The molecule has 1 aliphatic heterocycles. The summed E-state index contributed by atoms with van der Waals surface area (Å²) in [7, 11) is 0. The van der Waals surface area contributed by atoms with Crippen LogP contribution < -0.4 is 15.0 Å². The molecule has 1 N–H and O–H groups in total. The molecule has 2 atom stereocenters. The van der Waals surface area contributed by atoms with Gasteiger partial charge < -0.3 is 14.8 Å². The molecule has 0 saturated carbocycles. The smallest absolute Gasteiger partial charge is 0.417 e. The van der Waals surface area contributed by atoms with Crippen LogP contribution in [0.25, 0.3) is 0 Å². The SMILES string of the molecule is CCC1COC(=O)N1c1nc(C)nc(N[C@@H](C)c2ccc(Oc3ccc(F)cc3)cc2)n1. The Morgan fingerprint density at radius 3 is 2.44 bits per heavy atom. The lowest BCUT2D eigenvalue weighted by Gasteiger charge is -2.20. The molecule has 4 rings (SSSR count). The molecule has 1 aliphatic rings. The summed E-state index contributed by atoms with van der Waals surface area (Å²) in [6.45, 7) is 6.04. The molecule has 9 heteroatoms. The second kappa shape index (κ2) is 9.17. The summed E-state index contributed by atoms with van der Waals surface area (Å²) in [5.41, 5.74) is 0.989. The lowest BCUT2D eigenvalue weighted by Crippen LogP contribution is -2.34. The number of cyclic esters (lactones) is 1. The molecule has 0 aliphatic carbocycles. The first kappa shape index (κ1) is 21.5. The molecule has 32 heavy (non-hydrogen) atoms. The third kappa shape index (κ3) is 4.77. The van der Waals surface area contributed by atoms with Gasteiger partial charge in [-0.3, -0.25) is 0 Å². The monoisotopic (exact) mass is 437 g/mol. The van der Waals surface area contributed by atoms with Gasteiger partial charge in [0.1, 0.15) is 29.7 Å². The number of anilines is 2. The van der Waals surface area contributed by atoms with Crippen LogP contribution in [-0.2, 0) is 4.74 Å². The number of ether oxygens (including phenoxy) is 2. The normalized spacial score (nSPS) is 16.6. The number of halogens is 1. The lowest BCUT2D eigenvalue weighted by atomic mass is 10.1. The third-order valence-electron chi connectivity index (χ3n) is 5.16. The van der Waals surface area contributed by atoms with Crippen molar-refractivity contribution in [1.82, 2.24) is 15.0 Å². The molecule has 1 amide bonds. The van der Waals surface area contributed by atoms with Gasteiger partial charge in [-0.25, -0.2) is 14.1 Å². The summed E-state index contributed by atoms with van der Waals surface area (Å²) in [6.07, 6.45) is 0.292. The maximum absolute atomic E-state index is 13.0. The van der Waals surface area contributed by atoms with Gasteiger partial charge >= 0.3 is 6.09 Å². The van der Waals surface area contributed by atoms with E-state index in [1.54, 1.807) is 19.1 Å². The number of hydrogen-bond acceptors (Lipinski definition) is 7. The fourth-order valence-corrected chi connectivity index (χ4v) is 3.39. The summed E-state index contributed by atoms with van der Waals surface area (Å²) >= 11 is 0. The standard InChI is InChI=1S/C23H24FN5O3/c1-4-18-13-31-23(30)29(18)22-27-15(3)26-21(28-22)25-14(2)16-5-9-19(10-6-16)32-20-11-7-17(24)8-12-20/h5-12,14,18H,4,13H2,1-3H3,(H,25,26,27,28)/t14-,18?/m0/s1. The fraction of sp³-hybridized carbons (Fsp3) is 0.304. The molecular weight excluding hydrogens is 413 g/mol. The Kier molecular flexibility index (Phi) is 6.16. The molecule has 166 valence electrons. The van der Waals surface area contributed by atoms with Crippen molar-refractivity contribution in [2.45, 2.75) is 39.3 Å². The highest BCUT2D eigenvalue weighted by Crippen LogP contribution is 2.26. The topological polar surface area (TPSA) is 89.5 Å². The van der Waals surface area contributed by atoms with Crippen molar-refractivity contribution < 1.29 is 18.7 Å². The van der Waals surface area contributed by atoms with Crippen LogP contribution >= 0.6 is 0 Å². The van der Waals surface area contributed by atoms with Crippen molar-refractivity contribution in [2.24, 2.45) is 0 Å². The molecule has 2 aromatic carbocycles. The minimum atomic E-state index is -0.446. The number of nitrogens with one attached hydrogen (secondary N) is 1. The van der Waals surface area contributed by atoms with E-state index in [1.165, 1.54) is 17.0 Å². The van der Waals surface area contributed by atoms with Gasteiger partial charge in [0.2, 0.25) is 11.9 Å². The summed E-state index contributed by atoms with van der Waals surface area (Å²) in [4.78, 5) is 26.8. The quantitative estimate of drug-likeness (QED) is 0.555. The van der Waals surface area contributed by atoms with Gasteiger partial charge in [0.25, 0.3) is 0 Å². The zero-order valence-corrected chi connectivity index (χ0v) is 18.1. The molecule has 1 fully saturated rings. The second-order valence-electron chi connectivity index (χ2n) is 7.51. The first-order valence-corrected chi connectivity index (χ1v) is 10.4. The maximum atomic E-state index is 13.0. The number of carbonyl (C=O) groups excluding carboxylic acids is 1. The van der Waals surface area contributed by atoms with Gasteiger partial charge in [0.15, 0.2) is 0 Å². The van der Waals surface area contributed by atoms with Crippen LogP contribution in [-0.4, -0.2) is 33.7 Å². The number of hydrogen-bond donors (Lipinski definition) is 1. The Labute approximate surface area is 185 Å². The minimum absolute atomic E-state index is 0.0942. The summed E-state index contributed by atoms with van der Waals surface area (Å²) in [5.74, 6) is 2.05. The second-order valence-corrected chi connectivity index (χ2v) is 7.51. The highest BCUT2D eigenvalue weighted by molar-refractivity contribution is 5.88. The lowest BCUT2D eigenvalue weighted by molar-refractivity contribution is 0.178. The van der Waals surface area contributed by atoms with Crippen molar-refractivity contribution in [2.75, 3.05) is 16.8 Å². The van der Waals surface area contributed by atoms with Crippen LogP contribution in [0, 0.1) is 12.7 Å². The van der Waals surface area contributed by atoms with Crippen molar-refractivity contribution in [3.63, 3.8) is 0 Å². The van der Waals surface area contributed by atoms with Crippen molar-refractivity contribution in [3.8, 4) is 11.5 Å². The van der Waals surface area contributed by atoms with Gasteiger partial charge in [-0.1, -0.05) is 19.1 Å². The first-order valence-electron chi connectivity index (χ1n) is 10.4. The van der Waals surface area contributed by atoms with E-state index in [1.807, 2.05) is 38.1 Å². The average molecular weight is 437 g/mol. The van der Waals surface area contributed by atoms with E-state index in [2.05, 4.69) is 20.3 Å². The van der Waals surface area contributed by atoms with Gasteiger partial charge in [-0.15, -0.1) is 0 Å². The van der Waals surface area contributed by atoms with E-state index in [-0.39, 0.29) is 23.8 Å². The molecule has 1 unspecified atom stereocenters. The molecule has 0 bridgehead atoms. The van der Waals surface area contributed by atoms with Crippen molar-refractivity contribution >= 4 is 18.0 Å². The van der Waals surface area contributed by atoms with E-state index in [4.69, 9.17) is 9.47 Å². The molecule has 0 radical (unpaired) electrons. The summed E-state index contributed by atoms with van der Waals surface area (Å²) < 4.78 is 23.9. The molecule has 8 nitrogen and oxygen atoms in total. The van der Waals surface area contributed by atoms with Crippen LogP contribution in [0.4, 0.5) is 21.1 Å². The number of carbonyl (C=O) groups is 1. The van der Waals surface area contributed by atoms with Gasteiger partial charge in [-0.2, -0.15) is 15.0 Å². The number of rotatable bonds is 7. The maximum Gasteiger partial charge on any atom is 0.417 e. The van der Waals surface area contributed by atoms with Crippen LogP contribution in [0.1, 0.15) is 37.7 Å². The Hall–Kier alpha value is -3.75. The Bertz CT molecular complexity index is 1090. The van der Waals surface area contributed by atoms with Crippen LogP contribution in [0.2, 0.25) is 0 Å². The number of amides is 1. The predicted molar refractivity (Wildman–Crippen MR) is 117 cm³/mol. The van der Waals surface area contributed by atoms with Crippen molar-refractivity contribution in [3.05, 3.63) is 65.7 Å². The summed E-state index contributed by atoms with van der Waals surface area (Å²) in [6, 6.07) is 13.2. The molecule has 1 saturated heterocycles. The average Bonchev–Trinajstić information content (AvgIpc) is 3.16. The van der Waals surface area contributed by atoms with E-state index in [0.29, 0.717) is 29.9 Å². The predicted octanol–water partition coefficient (Wildman–Crippen LogP) is 5.02. The van der Waals surface area contributed by atoms with Gasteiger partial charge in [-0.05, 0) is 62.2 Å². The largest absolute Gasteiger partial charge is 0.457 e. The van der Waals surface area contributed by atoms with Crippen LogP contribution in [0.3, 0.4) is 0 Å². The molecule has 2 heterocycles. The highest BCUT2D eigenvalue weighted by atomic mass is 19.1. The number of aryl methyl sites for hydroxylation is 1. The Morgan fingerprint density at radius 2 is 1.78 bits per heavy atom. The third-order valence-corrected chi connectivity index (χ3v) is 5.16. The van der Waals surface area contributed by atoms with E-state index < -0.39 is 6.09 Å². The molecule has 1 aromatic heterocycles. The molecule has 3 aromatic rings. The van der Waals surface area contributed by atoms with Gasteiger partial charge in [0.05, 0.1) is 12.1 Å². The minimum Gasteiger partial charge on any atom is -0.457 e. The highest BCUT2D eigenvalue weighted by Gasteiger charge is 2.35. The van der Waals surface area contributed by atoms with Gasteiger partial charge in [0, 0.05) is 0 Å². The zero-order valence-electron chi connectivity index (χ0n) is 18.1. The number of nitrogens with zero attached hydrogens (tertiary/aromatic N) is 4.